The van der Waals surface area contributed by atoms with Gasteiger partial charge in [-0.2, -0.15) is 5.10 Å². The fraction of sp³-hybridized carbons (Fsp3) is 0.571. The summed E-state index contributed by atoms with van der Waals surface area (Å²) in [5.41, 5.74) is 12.1. The van der Waals surface area contributed by atoms with Gasteiger partial charge in [-0.05, 0) is 151 Å². The summed E-state index contributed by atoms with van der Waals surface area (Å²) < 4.78 is 0. The summed E-state index contributed by atoms with van der Waals surface area (Å²) in [7, 11) is 0. The molecule has 5 nitrogen and oxygen atoms in total. The van der Waals surface area contributed by atoms with E-state index in [0.29, 0.717) is 46.9 Å². The number of rotatable bonds is 4. The predicted octanol–water partition coefficient (Wildman–Crippen LogP) is 9.34. The van der Waals surface area contributed by atoms with E-state index >= 15 is 0 Å². The van der Waals surface area contributed by atoms with Crippen molar-refractivity contribution in [1.29, 1.82) is 0 Å². The first-order chi connectivity index (χ1) is 22.8. The average Bonchev–Trinajstić information content (AvgIpc) is 3.69. The minimum atomic E-state index is -0.867. The summed E-state index contributed by atoms with van der Waals surface area (Å²) in [5.74, 6) is 16.0. The largest absolute Gasteiger partial charge is 0.478 e. The van der Waals surface area contributed by atoms with Gasteiger partial charge in [0.05, 0.1) is 10.4 Å². The Morgan fingerprint density at radius 2 is 1.75 bits per heavy atom. The van der Waals surface area contributed by atoms with Gasteiger partial charge in [-0.15, -0.1) is 11.3 Å². The number of carbonyl (C=O) groups is 1. The Morgan fingerprint density at radius 3 is 2.44 bits per heavy atom. The van der Waals surface area contributed by atoms with Crippen LogP contribution in [0, 0.1) is 69.0 Å². The molecule has 48 heavy (non-hydrogen) atoms. The molecule has 6 heteroatoms. The zero-order valence-corrected chi connectivity index (χ0v) is 30.3. The summed E-state index contributed by atoms with van der Waals surface area (Å²) in [6.07, 6.45) is 13.4. The van der Waals surface area contributed by atoms with Gasteiger partial charge in [0, 0.05) is 11.0 Å². The van der Waals surface area contributed by atoms with Crippen LogP contribution in [0.4, 0.5) is 0 Å². The smallest absolute Gasteiger partial charge is 0.335 e. The molecule has 9 unspecified atom stereocenters. The molecule has 0 amide bonds. The van der Waals surface area contributed by atoms with Gasteiger partial charge in [0.2, 0.25) is 0 Å². The quantitative estimate of drug-likeness (QED) is 0.0758. The average molecular weight is 664 g/mol. The number of allylic oxidation sites excluding steroid dienone is 3. The minimum absolute atomic E-state index is 0.000894. The first kappa shape index (κ1) is 33.2. The number of aromatic carboxylic acids is 1. The van der Waals surface area contributed by atoms with Gasteiger partial charge in [-0.3, -0.25) is 0 Å². The second kappa shape index (κ2) is 11.7. The van der Waals surface area contributed by atoms with Crippen LogP contribution in [0.5, 0.6) is 0 Å². The van der Waals surface area contributed by atoms with E-state index in [2.05, 4.69) is 70.3 Å². The molecule has 1 heterocycles. The molecule has 5 aliphatic carbocycles. The number of hydrogen-bond donors (Lipinski definition) is 3. The zero-order chi connectivity index (χ0) is 34.2. The van der Waals surface area contributed by atoms with Crippen LogP contribution in [0.25, 0.3) is 5.57 Å². The van der Waals surface area contributed by atoms with Crippen LogP contribution >= 0.6 is 11.3 Å². The Morgan fingerprint density at radius 1 is 1.00 bits per heavy atom. The lowest BCUT2D eigenvalue weighted by atomic mass is 9.33. The van der Waals surface area contributed by atoms with Crippen molar-refractivity contribution in [3.05, 3.63) is 75.5 Å². The third-order valence-electron chi connectivity index (χ3n) is 15.2. The van der Waals surface area contributed by atoms with Gasteiger partial charge < -0.3 is 16.7 Å². The van der Waals surface area contributed by atoms with Crippen LogP contribution in [0.15, 0.2) is 59.0 Å². The molecule has 4 fully saturated rings. The normalized spacial score (nSPS) is 40.3. The second-order valence-corrected chi connectivity index (χ2v) is 17.8. The zero-order valence-electron chi connectivity index (χ0n) is 29.4. The number of benzene rings is 1. The molecule has 0 aliphatic heterocycles. The highest BCUT2D eigenvalue weighted by Crippen LogP contribution is 2.76. The second-order valence-electron chi connectivity index (χ2n) is 16.9. The van der Waals surface area contributed by atoms with Crippen LogP contribution in [0.2, 0.25) is 0 Å². The van der Waals surface area contributed by atoms with E-state index in [1.807, 2.05) is 17.5 Å². The first-order valence-electron chi connectivity index (χ1n) is 18.1. The summed E-state index contributed by atoms with van der Waals surface area (Å²) >= 11 is 1.56. The molecule has 2 aromatic rings. The van der Waals surface area contributed by atoms with E-state index < -0.39 is 5.97 Å². The monoisotopic (exact) mass is 663 g/mol. The summed E-state index contributed by atoms with van der Waals surface area (Å²) in [5, 5.41) is 15.2. The third kappa shape index (κ3) is 4.70. The van der Waals surface area contributed by atoms with E-state index in [1.54, 1.807) is 23.5 Å². The number of amidine groups is 1. The molecule has 4 saturated carbocycles. The third-order valence-corrected chi connectivity index (χ3v) is 16.1. The van der Waals surface area contributed by atoms with Gasteiger partial charge in [0.1, 0.15) is 0 Å². The Hall–Kier alpha value is -3.30. The summed E-state index contributed by atoms with van der Waals surface area (Å²) in [4.78, 5) is 12.4. The molecule has 1 aromatic heterocycles. The van der Waals surface area contributed by atoms with Crippen molar-refractivity contribution in [1.82, 2.24) is 0 Å². The van der Waals surface area contributed by atoms with Crippen molar-refractivity contribution in [3.63, 3.8) is 0 Å². The molecule has 0 spiro atoms. The SMILES string of the molecule is C=C(C)C1CCC2(C#Cc3ccsc3/C(N)=N/N)CC[C@]3(C)C(CCC4C5(C)CC=C(c6ccc(C(=O)O)cc6)C(C)C5CCC43C)C12. The number of nitrogens with two attached hydrogens (primary N) is 2. The molecule has 7 rings (SSSR count). The van der Waals surface area contributed by atoms with Crippen molar-refractivity contribution < 1.29 is 9.90 Å². The fourth-order valence-corrected chi connectivity index (χ4v) is 13.4. The predicted molar refractivity (Wildman–Crippen MR) is 197 cm³/mol. The Kier molecular flexibility index (Phi) is 8.06. The van der Waals surface area contributed by atoms with Gasteiger partial charge in [-0.25, -0.2) is 4.79 Å². The summed E-state index contributed by atoms with van der Waals surface area (Å²) in [6, 6.07) is 9.62. The molecule has 0 bridgehead atoms. The van der Waals surface area contributed by atoms with Crippen LogP contribution < -0.4 is 11.6 Å². The number of nitrogens with zero attached hydrogens (tertiary/aromatic N) is 1. The van der Waals surface area contributed by atoms with Crippen LogP contribution in [0.1, 0.15) is 119 Å². The highest BCUT2D eigenvalue weighted by Gasteiger charge is 2.69. The van der Waals surface area contributed by atoms with Gasteiger partial charge in [0.25, 0.3) is 0 Å². The number of hydrogen-bond acceptors (Lipinski definition) is 4. The number of carboxylic acids is 1. The lowest BCUT2D eigenvalue weighted by Crippen LogP contribution is -2.64. The highest BCUT2D eigenvalue weighted by molar-refractivity contribution is 7.12. The van der Waals surface area contributed by atoms with Gasteiger partial charge in [-0.1, -0.05) is 69.9 Å². The molecule has 254 valence electrons. The van der Waals surface area contributed by atoms with Crippen LogP contribution in [-0.4, -0.2) is 16.9 Å². The van der Waals surface area contributed by atoms with E-state index in [1.165, 1.54) is 55.2 Å². The highest BCUT2D eigenvalue weighted by atomic mass is 32.1. The number of fused-ring (bicyclic) bond motifs is 7. The van der Waals surface area contributed by atoms with E-state index in [9.17, 15) is 9.90 Å². The molecule has 1 aromatic carbocycles. The maximum absolute atomic E-state index is 11.5. The topological polar surface area (TPSA) is 102 Å². The van der Waals surface area contributed by atoms with Gasteiger partial charge >= 0.3 is 5.97 Å². The fourth-order valence-electron chi connectivity index (χ4n) is 12.6. The Labute approximate surface area is 291 Å². The van der Waals surface area contributed by atoms with Crippen LogP contribution in [0.3, 0.4) is 0 Å². The van der Waals surface area contributed by atoms with Crippen LogP contribution in [-0.2, 0) is 0 Å². The van der Waals surface area contributed by atoms with Crippen molar-refractivity contribution in [2.45, 2.75) is 92.4 Å². The Bertz CT molecular complexity index is 1760. The Balaban J connectivity index is 1.22. The maximum atomic E-state index is 11.5. The lowest BCUT2D eigenvalue weighted by molar-refractivity contribution is -0.215. The molecule has 10 atom stereocenters. The molecule has 0 radical (unpaired) electrons. The lowest BCUT2D eigenvalue weighted by Gasteiger charge is -2.71. The summed E-state index contributed by atoms with van der Waals surface area (Å²) in [6.45, 7) is 17.3. The first-order valence-corrected chi connectivity index (χ1v) is 19.0. The molecule has 0 saturated heterocycles. The van der Waals surface area contributed by atoms with E-state index in [0.717, 1.165) is 29.7 Å². The van der Waals surface area contributed by atoms with E-state index in [-0.39, 0.29) is 21.7 Å². The standard InChI is InChI=1S/C42H53N3O2S/c1-25(2)30-15-21-42(20-13-28-17-24-48-36(28)37(43)45-44)23-22-40(5)33(35(30)42)11-12-34-39(4)18-14-31(26(3)32(39)16-19-41(34,40)6)27-7-9-29(10-8-27)38(46)47/h7-10,14,17,24,26,30,32-35H,1,11-12,15-16,18-19,21-23,44H2,2-6H3,(H2,43,45)(H,46,47)/t26?,30?,32?,33?,34?,35?,39?,40-,41?,42?/m1/s1. The molecular formula is C42H53N3O2S. The van der Waals surface area contributed by atoms with Crippen molar-refractivity contribution in [2.24, 2.45) is 73.8 Å². The minimum Gasteiger partial charge on any atom is -0.478 e. The number of carboxylic acid groups (broad SMARTS) is 1. The van der Waals surface area contributed by atoms with Crippen molar-refractivity contribution in [3.8, 4) is 11.8 Å². The molecule has 5 aliphatic rings. The van der Waals surface area contributed by atoms with Crippen molar-refractivity contribution >= 4 is 28.7 Å². The van der Waals surface area contributed by atoms with E-state index in [4.69, 9.17) is 11.6 Å². The molecule has 5 N–H and O–H groups in total. The van der Waals surface area contributed by atoms with Crippen molar-refractivity contribution in [2.75, 3.05) is 0 Å². The van der Waals surface area contributed by atoms with Gasteiger partial charge in [0.15, 0.2) is 5.84 Å². The maximum Gasteiger partial charge on any atom is 0.335 e. The molecular weight excluding hydrogens is 611 g/mol. The number of thiophene rings is 1. The number of hydrazone groups is 1.